The van der Waals surface area contributed by atoms with Crippen LogP contribution in [0.25, 0.3) is 5.70 Å². The molecule has 2 N–H and O–H groups in total. The number of hydrogen-bond donors (Lipinski definition) is 1. The predicted molar refractivity (Wildman–Crippen MR) is 74.2 cm³/mol. The first-order valence-corrected chi connectivity index (χ1v) is 7.56. The molecular formula is C13H20NO3P. The van der Waals surface area contributed by atoms with E-state index < -0.39 is 7.60 Å². The Morgan fingerprint density at radius 2 is 1.72 bits per heavy atom. The molecule has 0 spiro atoms. The van der Waals surface area contributed by atoms with E-state index in [1.165, 1.54) is 5.82 Å². The topological polar surface area (TPSA) is 61.5 Å². The molecule has 0 aliphatic rings. The van der Waals surface area contributed by atoms with Crippen LogP contribution in [0, 0.1) is 6.92 Å². The fourth-order valence-electron chi connectivity index (χ4n) is 1.46. The van der Waals surface area contributed by atoms with Gasteiger partial charge < -0.3 is 14.8 Å². The molecule has 0 heterocycles. The molecule has 0 bridgehead atoms. The van der Waals surface area contributed by atoms with Gasteiger partial charge in [-0.1, -0.05) is 29.8 Å². The molecule has 5 heteroatoms. The van der Waals surface area contributed by atoms with E-state index in [9.17, 15) is 4.57 Å². The van der Waals surface area contributed by atoms with Crippen LogP contribution >= 0.6 is 7.60 Å². The Kier molecular flexibility index (Phi) is 5.60. The molecular weight excluding hydrogens is 249 g/mol. The van der Waals surface area contributed by atoms with Crippen molar-refractivity contribution in [3.05, 3.63) is 41.2 Å². The van der Waals surface area contributed by atoms with E-state index in [-0.39, 0.29) is 0 Å². The summed E-state index contributed by atoms with van der Waals surface area (Å²) in [6.07, 6.45) is 0. The molecule has 0 aliphatic carbocycles. The van der Waals surface area contributed by atoms with Crippen molar-refractivity contribution in [1.29, 1.82) is 0 Å². The van der Waals surface area contributed by atoms with Crippen molar-refractivity contribution in [3.63, 3.8) is 0 Å². The van der Waals surface area contributed by atoms with E-state index in [1.807, 2.05) is 31.2 Å². The Morgan fingerprint density at radius 3 is 2.17 bits per heavy atom. The average Bonchev–Trinajstić information content (AvgIpc) is 2.30. The van der Waals surface area contributed by atoms with Crippen LogP contribution in [0.15, 0.2) is 30.1 Å². The Balaban J connectivity index is 2.98. The van der Waals surface area contributed by atoms with Crippen LogP contribution in [-0.2, 0) is 13.6 Å². The quantitative estimate of drug-likeness (QED) is 0.803. The fourth-order valence-corrected chi connectivity index (χ4v) is 2.90. The van der Waals surface area contributed by atoms with E-state index >= 15 is 0 Å². The molecule has 0 amide bonds. The van der Waals surface area contributed by atoms with Gasteiger partial charge in [0, 0.05) is 5.70 Å². The number of aryl methyl sites for hydroxylation is 1. The van der Waals surface area contributed by atoms with Crippen molar-refractivity contribution in [2.24, 2.45) is 5.73 Å². The lowest BCUT2D eigenvalue weighted by molar-refractivity contribution is 0.229. The molecule has 100 valence electrons. The van der Waals surface area contributed by atoms with Gasteiger partial charge >= 0.3 is 7.60 Å². The van der Waals surface area contributed by atoms with Crippen molar-refractivity contribution in [2.75, 3.05) is 13.2 Å². The van der Waals surface area contributed by atoms with E-state index in [0.29, 0.717) is 18.9 Å². The van der Waals surface area contributed by atoms with E-state index in [2.05, 4.69) is 0 Å². The maximum Gasteiger partial charge on any atom is 0.356 e. The van der Waals surface area contributed by atoms with E-state index in [1.54, 1.807) is 13.8 Å². The second-order valence-corrected chi connectivity index (χ2v) is 5.68. The summed E-state index contributed by atoms with van der Waals surface area (Å²) in [5, 5.41) is 0. The van der Waals surface area contributed by atoms with Gasteiger partial charge in [0.2, 0.25) is 0 Å². The summed E-state index contributed by atoms with van der Waals surface area (Å²) in [4.78, 5) is 0. The maximum absolute atomic E-state index is 12.3. The third-order valence-electron chi connectivity index (χ3n) is 2.30. The lowest BCUT2D eigenvalue weighted by Gasteiger charge is -2.14. The molecule has 4 nitrogen and oxygen atoms in total. The Hall–Kier alpha value is -1.09. The van der Waals surface area contributed by atoms with Crippen LogP contribution in [0.4, 0.5) is 0 Å². The van der Waals surface area contributed by atoms with Gasteiger partial charge in [0.1, 0.15) is 0 Å². The van der Waals surface area contributed by atoms with Crippen LogP contribution in [0.2, 0.25) is 0 Å². The molecule has 0 aliphatic heterocycles. The highest BCUT2D eigenvalue weighted by atomic mass is 31.2. The Morgan fingerprint density at radius 1 is 1.22 bits per heavy atom. The standard InChI is InChI=1S/C13H20NO3P/c1-4-16-18(15,17-5-2)10-13(14)12-8-6-11(3)7-9-12/h6-10H,4-5,14H2,1-3H3/b13-10-. The van der Waals surface area contributed by atoms with Gasteiger partial charge in [0.05, 0.1) is 19.0 Å². The third kappa shape index (κ3) is 4.30. The van der Waals surface area contributed by atoms with Gasteiger partial charge in [-0.2, -0.15) is 0 Å². The van der Waals surface area contributed by atoms with Crippen LogP contribution in [0.5, 0.6) is 0 Å². The van der Waals surface area contributed by atoms with Crippen molar-refractivity contribution in [1.82, 2.24) is 0 Å². The fraction of sp³-hybridized carbons (Fsp3) is 0.385. The highest BCUT2D eigenvalue weighted by Gasteiger charge is 2.21. The van der Waals surface area contributed by atoms with Crippen molar-refractivity contribution in [3.8, 4) is 0 Å². The Bertz CT molecular complexity index is 444. The monoisotopic (exact) mass is 269 g/mol. The summed E-state index contributed by atoms with van der Waals surface area (Å²) >= 11 is 0. The molecule has 1 rings (SSSR count). The molecule has 0 atom stereocenters. The van der Waals surface area contributed by atoms with Crippen molar-refractivity contribution >= 4 is 13.3 Å². The number of rotatable bonds is 6. The summed E-state index contributed by atoms with van der Waals surface area (Å²) in [6.45, 7) is 6.15. The van der Waals surface area contributed by atoms with Gasteiger partial charge in [0.25, 0.3) is 0 Å². The zero-order chi connectivity index (χ0) is 13.6. The van der Waals surface area contributed by atoms with Gasteiger partial charge in [-0.3, -0.25) is 4.57 Å². The summed E-state index contributed by atoms with van der Waals surface area (Å²) in [5.74, 6) is 1.38. The third-order valence-corrected chi connectivity index (χ3v) is 4.13. The second-order valence-electron chi connectivity index (χ2n) is 3.83. The lowest BCUT2D eigenvalue weighted by atomic mass is 10.1. The van der Waals surface area contributed by atoms with Gasteiger partial charge in [-0.05, 0) is 26.3 Å². The van der Waals surface area contributed by atoms with E-state index in [4.69, 9.17) is 14.8 Å². The largest absolute Gasteiger partial charge is 0.398 e. The minimum Gasteiger partial charge on any atom is -0.398 e. The number of nitrogens with two attached hydrogens (primary N) is 1. The zero-order valence-corrected chi connectivity index (χ0v) is 11.9. The zero-order valence-electron chi connectivity index (χ0n) is 11.1. The first-order chi connectivity index (χ1) is 8.50. The number of benzene rings is 1. The molecule has 18 heavy (non-hydrogen) atoms. The Labute approximate surface area is 108 Å². The first-order valence-electron chi connectivity index (χ1n) is 5.95. The van der Waals surface area contributed by atoms with Crippen LogP contribution in [0.1, 0.15) is 25.0 Å². The maximum atomic E-state index is 12.3. The smallest absolute Gasteiger partial charge is 0.356 e. The summed E-state index contributed by atoms with van der Waals surface area (Å²) < 4.78 is 22.6. The van der Waals surface area contributed by atoms with Crippen LogP contribution in [-0.4, -0.2) is 13.2 Å². The molecule has 0 aromatic heterocycles. The average molecular weight is 269 g/mol. The normalized spacial score (nSPS) is 12.7. The van der Waals surface area contributed by atoms with Crippen molar-refractivity contribution in [2.45, 2.75) is 20.8 Å². The highest BCUT2D eigenvalue weighted by molar-refractivity contribution is 7.57. The highest BCUT2D eigenvalue weighted by Crippen LogP contribution is 2.50. The minimum absolute atomic E-state index is 0.314. The summed E-state index contributed by atoms with van der Waals surface area (Å²) in [7, 11) is -3.24. The molecule has 0 unspecified atom stereocenters. The SMILES string of the molecule is CCOP(=O)(/C=C(\N)c1ccc(C)cc1)OCC. The molecule has 0 saturated heterocycles. The van der Waals surface area contributed by atoms with Crippen LogP contribution in [0.3, 0.4) is 0 Å². The van der Waals surface area contributed by atoms with E-state index in [0.717, 1.165) is 11.1 Å². The van der Waals surface area contributed by atoms with Gasteiger partial charge in [-0.25, -0.2) is 0 Å². The number of hydrogen-bond acceptors (Lipinski definition) is 4. The van der Waals surface area contributed by atoms with Gasteiger partial charge in [-0.15, -0.1) is 0 Å². The molecule has 1 aromatic rings. The second kappa shape index (κ2) is 6.74. The molecule has 0 radical (unpaired) electrons. The van der Waals surface area contributed by atoms with Crippen molar-refractivity contribution < 1.29 is 13.6 Å². The minimum atomic E-state index is -3.24. The van der Waals surface area contributed by atoms with Crippen LogP contribution < -0.4 is 5.73 Å². The van der Waals surface area contributed by atoms with Gasteiger partial charge in [0.15, 0.2) is 0 Å². The molecule has 0 fully saturated rings. The summed E-state index contributed by atoms with van der Waals surface area (Å²) in [5.41, 5.74) is 8.27. The summed E-state index contributed by atoms with van der Waals surface area (Å²) in [6, 6.07) is 7.65. The molecule has 1 aromatic carbocycles. The molecule has 0 saturated carbocycles. The first kappa shape index (κ1) is 15.0. The lowest BCUT2D eigenvalue weighted by Crippen LogP contribution is -2.00. The predicted octanol–water partition coefficient (Wildman–Crippen LogP) is 3.52.